The van der Waals surface area contributed by atoms with E-state index in [4.69, 9.17) is 4.42 Å². The van der Waals surface area contributed by atoms with Gasteiger partial charge in [-0.1, -0.05) is 6.92 Å². The van der Waals surface area contributed by atoms with Crippen LogP contribution in [0.4, 0.5) is 0 Å². The van der Waals surface area contributed by atoms with Gasteiger partial charge in [0.1, 0.15) is 17.1 Å². The lowest BCUT2D eigenvalue weighted by Crippen LogP contribution is -2.40. The summed E-state index contributed by atoms with van der Waals surface area (Å²) in [5.41, 5.74) is -0.411. The Kier molecular flexibility index (Phi) is 8.77. The normalized spacial score (nSPS) is 15.0. The Hall–Kier alpha value is -1.58. The minimum atomic E-state index is -3.17. The Morgan fingerprint density at radius 1 is 1.33 bits per heavy atom. The lowest BCUT2D eigenvalue weighted by molar-refractivity contribution is 0.0657. The Morgan fingerprint density at radius 2 is 2.00 bits per heavy atom. The second kappa shape index (κ2) is 10.1. The summed E-state index contributed by atoms with van der Waals surface area (Å²) in [7, 11) is -3.17. The zero-order valence-corrected chi connectivity index (χ0v) is 18.1. The summed E-state index contributed by atoms with van der Waals surface area (Å²) in [6.45, 7) is 11.5. The van der Waals surface area contributed by atoms with E-state index in [1.165, 1.54) is 10.6 Å². The molecule has 0 aromatic carbocycles. The predicted octanol–water partition coefficient (Wildman–Crippen LogP) is 1.33. The van der Waals surface area contributed by atoms with E-state index in [1.807, 2.05) is 33.8 Å². The van der Waals surface area contributed by atoms with E-state index in [1.54, 1.807) is 6.92 Å². The van der Waals surface area contributed by atoms with Crippen LogP contribution in [0.2, 0.25) is 0 Å². The van der Waals surface area contributed by atoms with E-state index in [0.717, 1.165) is 11.3 Å². The van der Waals surface area contributed by atoms with Gasteiger partial charge in [-0.2, -0.15) is 0 Å². The second-order valence-corrected chi connectivity index (χ2v) is 8.81. The Labute approximate surface area is 163 Å². The minimum Gasteiger partial charge on any atom is -0.466 e. The van der Waals surface area contributed by atoms with Crippen LogP contribution in [0.25, 0.3) is 0 Å². The first kappa shape index (κ1) is 23.5. The van der Waals surface area contributed by atoms with Gasteiger partial charge in [0.15, 0.2) is 5.96 Å². The van der Waals surface area contributed by atoms with Gasteiger partial charge in [-0.05, 0) is 40.2 Å². The van der Waals surface area contributed by atoms with E-state index in [0.29, 0.717) is 44.3 Å². The number of aliphatic hydroxyl groups is 1. The third kappa shape index (κ3) is 7.51. The topological polar surface area (TPSA) is 107 Å². The fourth-order valence-corrected chi connectivity index (χ4v) is 3.78. The molecular formula is C18H34N4O4S. The molecule has 1 unspecified atom stereocenters. The first-order valence-corrected chi connectivity index (χ1v) is 11.1. The van der Waals surface area contributed by atoms with Gasteiger partial charge < -0.3 is 20.2 Å². The van der Waals surface area contributed by atoms with Crippen molar-refractivity contribution in [1.29, 1.82) is 0 Å². The van der Waals surface area contributed by atoms with Crippen LogP contribution in [0.3, 0.4) is 0 Å². The quantitative estimate of drug-likeness (QED) is 0.310. The van der Waals surface area contributed by atoms with Crippen LogP contribution in [0.5, 0.6) is 0 Å². The van der Waals surface area contributed by atoms with Crippen LogP contribution in [-0.4, -0.2) is 62.8 Å². The minimum absolute atomic E-state index is 0.173. The molecule has 0 aliphatic carbocycles. The van der Waals surface area contributed by atoms with Crippen molar-refractivity contribution in [3.05, 3.63) is 23.2 Å². The highest BCUT2D eigenvalue weighted by atomic mass is 32.2. The van der Waals surface area contributed by atoms with Gasteiger partial charge in [-0.25, -0.2) is 17.7 Å². The molecule has 27 heavy (non-hydrogen) atoms. The van der Waals surface area contributed by atoms with E-state index in [2.05, 4.69) is 15.6 Å². The van der Waals surface area contributed by atoms with Crippen LogP contribution in [0.1, 0.15) is 44.3 Å². The molecule has 8 nitrogen and oxygen atoms in total. The highest BCUT2D eigenvalue weighted by molar-refractivity contribution is 7.88. The zero-order valence-electron chi connectivity index (χ0n) is 17.3. The molecular weight excluding hydrogens is 368 g/mol. The van der Waals surface area contributed by atoms with Crippen molar-refractivity contribution in [2.24, 2.45) is 4.99 Å². The maximum absolute atomic E-state index is 11.6. The first-order valence-electron chi connectivity index (χ1n) is 9.28. The van der Waals surface area contributed by atoms with Crippen molar-refractivity contribution >= 4 is 16.0 Å². The van der Waals surface area contributed by atoms with Gasteiger partial charge in [-0.15, -0.1) is 0 Å². The van der Waals surface area contributed by atoms with Crippen molar-refractivity contribution in [1.82, 2.24) is 14.9 Å². The van der Waals surface area contributed by atoms with Gasteiger partial charge >= 0.3 is 0 Å². The molecule has 0 saturated carbocycles. The van der Waals surface area contributed by atoms with Crippen LogP contribution in [-0.2, 0) is 15.6 Å². The number of sulfonamides is 1. The van der Waals surface area contributed by atoms with E-state index >= 15 is 0 Å². The number of furan rings is 1. The van der Waals surface area contributed by atoms with Crippen LogP contribution in [0, 0.1) is 13.8 Å². The van der Waals surface area contributed by atoms with Crippen molar-refractivity contribution in [3.63, 3.8) is 0 Å². The molecule has 0 bridgehead atoms. The standard InChI is InChI=1S/C18H34N4O4S/c1-7-19-17(20-10-9-11-22(8-2)27(6,24)25)21-13-18(5,23)16-12-14(3)26-15(16)4/h12,23H,7-11,13H2,1-6H3,(H2,19,20,21). The molecule has 1 rings (SSSR count). The lowest BCUT2D eigenvalue weighted by atomic mass is 9.96. The molecule has 0 spiro atoms. The molecule has 1 aromatic heterocycles. The molecule has 9 heteroatoms. The number of nitrogens with zero attached hydrogens (tertiary/aromatic N) is 2. The predicted molar refractivity (Wildman–Crippen MR) is 108 cm³/mol. The summed E-state index contributed by atoms with van der Waals surface area (Å²) in [4.78, 5) is 4.47. The van der Waals surface area contributed by atoms with Gasteiger partial charge in [0.05, 0.1) is 12.8 Å². The summed E-state index contributed by atoms with van der Waals surface area (Å²) in [6.07, 6.45) is 1.87. The zero-order chi connectivity index (χ0) is 20.7. The van der Waals surface area contributed by atoms with Gasteiger partial charge in [0, 0.05) is 31.7 Å². The van der Waals surface area contributed by atoms with Gasteiger partial charge in [-0.3, -0.25) is 0 Å². The molecule has 1 heterocycles. The third-order valence-corrected chi connectivity index (χ3v) is 5.59. The molecule has 1 aromatic rings. The van der Waals surface area contributed by atoms with Crippen LogP contribution in [0.15, 0.2) is 15.5 Å². The molecule has 3 N–H and O–H groups in total. The van der Waals surface area contributed by atoms with E-state index in [9.17, 15) is 13.5 Å². The number of aliphatic imine (C=N–C) groups is 1. The van der Waals surface area contributed by atoms with Gasteiger partial charge in [0.2, 0.25) is 10.0 Å². The van der Waals surface area contributed by atoms with Gasteiger partial charge in [0.25, 0.3) is 0 Å². The molecule has 156 valence electrons. The van der Waals surface area contributed by atoms with Crippen LogP contribution >= 0.6 is 0 Å². The number of rotatable bonds is 10. The SMILES string of the molecule is CCNC(=NCC(C)(O)c1cc(C)oc1C)NCCCN(CC)S(C)(=O)=O. The molecule has 0 fully saturated rings. The summed E-state index contributed by atoms with van der Waals surface area (Å²) in [6, 6.07) is 1.83. The molecule has 0 aliphatic heterocycles. The van der Waals surface area contributed by atoms with Crippen molar-refractivity contribution in [2.45, 2.75) is 46.6 Å². The maximum Gasteiger partial charge on any atom is 0.211 e. The van der Waals surface area contributed by atoms with E-state index in [-0.39, 0.29) is 6.54 Å². The number of nitrogens with one attached hydrogen (secondary N) is 2. The van der Waals surface area contributed by atoms with Crippen molar-refractivity contribution in [3.8, 4) is 0 Å². The average molecular weight is 403 g/mol. The number of aryl methyl sites for hydroxylation is 2. The number of hydrogen-bond donors (Lipinski definition) is 3. The lowest BCUT2D eigenvalue weighted by Gasteiger charge is -2.22. The fraction of sp³-hybridized carbons (Fsp3) is 0.722. The average Bonchev–Trinajstić information content (AvgIpc) is 2.90. The highest BCUT2D eigenvalue weighted by Crippen LogP contribution is 2.27. The molecule has 1 atom stereocenters. The van der Waals surface area contributed by atoms with Crippen molar-refractivity contribution < 1.29 is 17.9 Å². The summed E-state index contributed by atoms with van der Waals surface area (Å²) < 4.78 is 30.1. The second-order valence-electron chi connectivity index (χ2n) is 6.83. The Morgan fingerprint density at radius 3 is 2.48 bits per heavy atom. The summed E-state index contributed by atoms with van der Waals surface area (Å²) in [5, 5.41) is 17.1. The largest absolute Gasteiger partial charge is 0.466 e. The van der Waals surface area contributed by atoms with Crippen molar-refractivity contribution in [2.75, 3.05) is 39.0 Å². The summed E-state index contributed by atoms with van der Waals surface area (Å²) in [5.74, 6) is 2.02. The third-order valence-electron chi connectivity index (χ3n) is 4.21. The van der Waals surface area contributed by atoms with E-state index < -0.39 is 15.6 Å². The molecule has 0 aliphatic rings. The maximum atomic E-state index is 11.6. The molecule has 0 amide bonds. The monoisotopic (exact) mass is 402 g/mol. The number of guanidine groups is 1. The Bertz CT molecular complexity index is 726. The smallest absolute Gasteiger partial charge is 0.211 e. The first-order chi connectivity index (χ1) is 12.5. The van der Waals surface area contributed by atoms with Crippen LogP contribution < -0.4 is 10.6 Å². The molecule has 0 saturated heterocycles. The summed E-state index contributed by atoms with van der Waals surface area (Å²) >= 11 is 0. The fourth-order valence-electron chi connectivity index (χ4n) is 2.85. The Balaban J connectivity index is 2.65. The highest BCUT2D eigenvalue weighted by Gasteiger charge is 2.27. The number of hydrogen-bond acceptors (Lipinski definition) is 5. The molecule has 0 radical (unpaired) electrons.